The number of rotatable bonds is 2. The van der Waals surface area contributed by atoms with E-state index in [1.807, 2.05) is 0 Å². The Morgan fingerprint density at radius 3 is 2.21 bits per heavy atom. The molecule has 0 aromatic heterocycles. The molecule has 0 fully saturated rings. The summed E-state index contributed by atoms with van der Waals surface area (Å²) in [6, 6.07) is 6.58. The SMILES string of the molecule is C[N-]S(=O)(=O)c1ccccc1Br.[CH3-].[Y]. The van der Waals surface area contributed by atoms with Crippen LogP contribution in [0, 0.1) is 7.43 Å². The molecular weight excluding hydrogens is 343 g/mol. The van der Waals surface area contributed by atoms with Crippen LogP contribution in [0.2, 0.25) is 0 Å². The molecule has 0 spiro atoms. The van der Waals surface area contributed by atoms with Gasteiger partial charge in [-0.15, -0.1) is 0 Å². The van der Waals surface area contributed by atoms with Gasteiger partial charge in [-0.3, -0.25) is 0 Å². The smallest absolute Gasteiger partial charge is 0.102 e. The Morgan fingerprint density at radius 1 is 1.29 bits per heavy atom. The van der Waals surface area contributed by atoms with Crippen molar-refractivity contribution >= 4 is 26.0 Å². The van der Waals surface area contributed by atoms with E-state index in [2.05, 4.69) is 20.7 Å². The fourth-order valence-corrected chi connectivity index (χ4v) is 2.41. The zero-order chi connectivity index (χ0) is 9.19. The molecule has 1 aromatic rings. The minimum atomic E-state index is -3.45. The first kappa shape index (κ1) is 17.1. The van der Waals surface area contributed by atoms with E-state index in [0.29, 0.717) is 4.47 Å². The number of sulfonamides is 1. The summed E-state index contributed by atoms with van der Waals surface area (Å²) in [5.41, 5.74) is 0. The largest absolute Gasteiger partial charge is 0.547 e. The van der Waals surface area contributed by atoms with Crippen molar-refractivity contribution in [1.29, 1.82) is 0 Å². The maximum Gasteiger partial charge on any atom is 0.102 e. The molecular formula is C8H10BrNO2SY-2. The molecule has 0 amide bonds. The van der Waals surface area contributed by atoms with E-state index in [1.165, 1.54) is 13.1 Å². The van der Waals surface area contributed by atoms with E-state index in [-0.39, 0.29) is 45.0 Å². The van der Waals surface area contributed by atoms with Crippen LogP contribution in [-0.2, 0) is 42.7 Å². The maximum absolute atomic E-state index is 11.2. The van der Waals surface area contributed by atoms with E-state index in [4.69, 9.17) is 0 Å². The molecule has 0 unspecified atom stereocenters. The molecule has 0 aliphatic rings. The molecule has 0 heterocycles. The van der Waals surface area contributed by atoms with Gasteiger partial charge in [0.1, 0.15) is 10.0 Å². The second-order valence-corrected chi connectivity index (χ2v) is 4.70. The first-order valence-electron chi connectivity index (χ1n) is 3.18. The van der Waals surface area contributed by atoms with Gasteiger partial charge in [-0.2, -0.15) is 7.05 Å². The molecule has 0 saturated carbocycles. The summed E-state index contributed by atoms with van der Waals surface area (Å²) in [7, 11) is -2.19. The van der Waals surface area contributed by atoms with Gasteiger partial charge < -0.3 is 12.1 Å². The summed E-state index contributed by atoms with van der Waals surface area (Å²) < 4.78 is 26.3. The molecule has 0 aliphatic carbocycles. The van der Waals surface area contributed by atoms with Crippen molar-refractivity contribution in [2.24, 2.45) is 0 Å². The average molecular weight is 353 g/mol. The third-order valence-corrected chi connectivity index (χ3v) is 3.70. The molecule has 6 heteroatoms. The maximum atomic E-state index is 11.2. The molecule has 14 heavy (non-hydrogen) atoms. The summed E-state index contributed by atoms with van der Waals surface area (Å²) in [6.07, 6.45) is 0. The summed E-state index contributed by atoms with van der Waals surface area (Å²) in [6.45, 7) is 0. The van der Waals surface area contributed by atoms with Crippen molar-refractivity contribution in [1.82, 2.24) is 0 Å². The Labute approximate surface area is 119 Å². The van der Waals surface area contributed by atoms with Crippen LogP contribution in [-0.4, -0.2) is 15.5 Å². The predicted octanol–water partition coefficient (Wildman–Crippen LogP) is 2.59. The van der Waals surface area contributed by atoms with Crippen molar-refractivity contribution in [3.63, 3.8) is 0 Å². The normalized spacial score (nSPS) is 9.86. The minimum Gasteiger partial charge on any atom is -0.547 e. The van der Waals surface area contributed by atoms with Crippen molar-refractivity contribution in [2.45, 2.75) is 4.90 Å². The van der Waals surface area contributed by atoms with Gasteiger partial charge in [-0.05, 0) is 28.1 Å². The zero-order valence-corrected chi connectivity index (χ0v) is 13.2. The fourth-order valence-electron chi connectivity index (χ4n) is 0.752. The van der Waals surface area contributed by atoms with Crippen molar-refractivity contribution < 1.29 is 41.1 Å². The van der Waals surface area contributed by atoms with Crippen LogP contribution >= 0.6 is 15.9 Å². The van der Waals surface area contributed by atoms with E-state index < -0.39 is 10.0 Å². The van der Waals surface area contributed by atoms with Gasteiger partial charge in [0.15, 0.2) is 0 Å². The van der Waals surface area contributed by atoms with Crippen LogP contribution < -0.4 is 0 Å². The van der Waals surface area contributed by atoms with E-state index in [9.17, 15) is 8.42 Å². The Bertz CT molecular complexity index is 381. The Hall–Kier alpha value is 0.714. The van der Waals surface area contributed by atoms with Crippen LogP contribution in [0.3, 0.4) is 0 Å². The molecule has 1 rings (SSSR count). The van der Waals surface area contributed by atoms with E-state index >= 15 is 0 Å². The van der Waals surface area contributed by atoms with Crippen molar-refractivity contribution in [3.05, 3.63) is 40.9 Å². The third-order valence-electron chi connectivity index (χ3n) is 1.35. The fraction of sp³-hybridized carbons (Fsp3) is 0.125. The Morgan fingerprint density at radius 2 is 1.79 bits per heavy atom. The topological polar surface area (TPSA) is 48.2 Å². The van der Waals surface area contributed by atoms with Crippen LogP contribution in [0.5, 0.6) is 0 Å². The van der Waals surface area contributed by atoms with E-state index in [1.54, 1.807) is 18.2 Å². The van der Waals surface area contributed by atoms with Gasteiger partial charge in [0.05, 0.1) is 4.90 Å². The number of halogens is 1. The minimum absolute atomic E-state index is 0. The van der Waals surface area contributed by atoms with Crippen molar-refractivity contribution in [2.75, 3.05) is 7.05 Å². The molecule has 0 N–H and O–H groups in total. The van der Waals surface area contributed by atoms with Gasteiger partial charge in [-0.25, -0.2) is 8.42 Å². The summed E-state index contributed by atoms with van der Waals surface area (Å²) in [4.78, 5) is 0.201. The second-order valence-electron chi connectivity index (χ2n) is 2.09. The summed E-state index contributed by atoms with van der Waals surface area (Å²) in [5, 5.41) is 0. The predicted molar refractivity (Wildman–Crippen MR) is 57.0 cm³/mol. The standard InChI is InChI=1S/C7H7BrNO2S.CH3.Y/c1-9-12(10,11)7-5-3-2-4-6(7)8;;/h2-5H,1H3;1H3;/q2*-1;. The number of nitrogens with zero attached hydrogens (tertiary/aromatic N) is 1. The second kappa shape index (κ2) is 7.06. The first-order valence-corrected chi connectivity index (χ1v) is 5.42. The van der Waals surface area contributed by atoms with Gasteiger partial charge >= 0.3 is 0 Å². The third kappa shape index (κ3) is 4.07. The van der Waals surface area contributed by atoms with E-state index in [0.717, 1.165) is 0 Å². The van der Waals surface area contributed by atoms with Gasteiger partial charge in [0.2, 0.25) is 0 Å². The number of hydrogen-bond acceptors (Lipinski definition) is 2. The monoisotopic (exact) mass is 352 g/mol. The molecule has 1 radical (unpaired) electrons. The van der Waals surface area contributed by atoms with Crippen molar-refractivity contribution in [3.8, 4) is 0 Å². The molecule has 0 atom stereocenters. The zero-order valence-electron chi connectivity index (χ0n) is 7.94. The first-order chi connectivity index (χ1) is 5.58. The molecule has 1 aromatic carbocycles. The Kier molecular flexibility index (Phi) is 8.64. The van der Waals surface area contributed by atoms with Crippen LogP contribution in [0.1, 0.15) is 0 Å². The molecule has 0 bridgehead atoms. The quantitative estimate of drug-likeness (QED) is 0.768. The molecule has 3 nitrogen and oxygen atoms in total. The van der Waals surface area contributed by atoms with Crippen LogP contribution in [0.4, 0.5) is 0 Å². The number of hydrogen-bond donors (Lipinski definition) is 0. The number of benzene rings is 1. The Balaban J connectivity index is 0. The average Bonchev–Trinajstić information content (AvgIpc) is 2.05. The van der Waals surface area contributed by atoms with Gasteiger partial charge in [-0.1, -0.05) is 12.1 Å². The van der Waals surface area contributed by atoms with Crippen LogP contribution in [0.25, 0.3) is 4.72 Å². The van der Waals surface area contributed by atoms with Gasteiger partial charge in [0.25, 0.3) is 0 Å². The summed E-state index contributed by atoms with van der Waals surface area (Å²) in [5.74, 6) is 0. The summed E-state index contributed by atoms with van der Waals surface area (Å²) >= 11 is 3.13. The van der Waals surface area contributed by atoms with Gasteiger partial charge in [0, 0.05) is 37.2 Å². The van der Waals surface area contributed by atoms with Crippen LogP contribution in [0.15, 0.2) is 33.6 Å². The molecule has 77 valence electrons. The molecule has 0 aliphatic heterocycles. The molecule has 0 saturated heterocycles.